The van der Waals surface area contributed by atoms with E-state index < -0.39 is 5.60 Å². The molecule has 1 aromatic carbocycles. The van der Waals surface area contributed by atoms with Gasteiger partial charge < -0.3 is 20.5 Å². The summed E-state index contributed by atoms with van der Waals surface area (Å²) < 4.78 is 5.11. The lowest BCUT2D eigenvalue weighted by molar-refractivity contribution is -0.00356. The lowest BCUT2D eigenvalue weighted by atomic mass is 9.79. The third kappa shape index (κ3) is 4.63. The average Bonchev–Trinajstić information content (AvgIpc) is 2.49. The first-order valence-corrected chi connectivity index (χ1v) is 7.42. The summed E-state index contributed by atoms with van der Waals surface area (Å²) in [5.74, 6) is 1.35. The van der Waals surface area contributed by atoms with Gasteiger partial charge in [-0.25, -0.2) is 4.79 Å². The van der Waals surface area contributed by atoms with Crippen LogP contribution in [0.2, 0.25) is 0 Å². The number of carbonyl (C=O) groups excluding carboxylic acids is 1. The number of carbonyl (C=O) groups is 1. The maximum absolute atomic E-state index is 11.9. The van der Waals surface area contributed by atoms with Gasteiger partial charge in [0.15, 0.2) is 0 Å². The number of hydrogen-bond donors (Lipinski definition) is 3. The van der Waals surface area contributed by atoms with E-state index in [1.165, 1.54) is 0 Å². The highest BCUT2D eigenvalue weighted by Crippen LogP contribution is 2.31. The maximum Gasteiger partial charge on any atom is 0.319 e. The Hall–Kier alpha value is -1.75. The summed E-state index contributed by atoms with van der Waals surface area (Å²) in [5, 5.41) is 15.9. The molecule has 0 heterocycles. The predicted molar refractivity (Wildman–Crippen MR) is 82.6 cm³/mol. The van der Waals surface area contributed by atoms with E-state index in [1.807, 2.05) is 12.1 Å². The number of amides is 2. The molecule has 2 rings (SSSR count). The zero-order chi connectivity index (χ0) is 15.3. The summed E-state index contributed by atoms with van der Waals surface area (Å²) in [7, 11) is 1.58. The summed E-state index contributed by atoms with van der Waals surface area (Å²) in [5.41, 5.74) is -0.103. The van der Waals surface area contributed by atoms with E-state index in [-0.39, 0.29) is 12.6 Å². The van der Waals surface area contributed by atoms with Crippen molar-refractivity contribution < 1.29 is 14.6 Å². The highest BCUT2D eigenvalue weighted by molar-refractivity contribution is 5.89. The Balaban J connectivity index is 1.81. The van der Waals surface area contributed by atoms with Crippen LogP contribution in [-0.2, 0) is 0 Å². The van der Waals surface area contributed by atoms with Crippen molar-refractivity contribution in [3.05, 3.63) is 24.3 Å². The maximum atomic E-state index is 11.9. The van der Waals surface area contributed by atoms with Gasteiger partial charge in [0, 0.05) is 18.3 Å². The minimum Gasteiger partial charge on any atom is -0.497 e. The second-order valence-electron chi connectivity index (χ2n) is 5.95. The second kappa shape index (κ2) is 6.80. The number of methoxy groups -OCH3 is 1. The van der Waals surface area contributed by atoms with Crippen molar-refractivity contribution in [2.24, 2.45) is 5.92 Å². The van der Waals surface area contributed by atoms with Crippen LogP contribution in [0, 0.1) is 5.92 Å². The fourth-order valence-corrected chi connectivity index (χ4v) is 2.60. The lowest BCUT2D eigenvalue weighted by Gasteiger charge is -2.34. The fraction of sp³-hybridized carbons (Fsp3) is 0.562. The van der Waals surface area contributed by atoms with Gasteiger partial charge in [0.25, 0.3) is 0 Å². The Kier molecular flexibility index (Phi) is 5.07. The topological polar surface area (TPSA) is 70.6 Å². The number of hydrogen-bond acceptors (Lipinski definition) is 3. The number of aliphatic hydroxyl groups is 1. The van der Waals surface area contributed by atoms with E-state index >= 15 is 0 Å². The smallest absolute Gasteiger partial charge is 0.319 e. The van der Waals surface area contributed by atoms with Crippen LogP contribution in [0.4, 0.5) is 10.5 Å². The molecule has 1 saturated carbocycles. The molecule has 116 valence electrons. The highest BCUT2D eigenvalue weighted by Gasteiger charge is 2.31. The Labute approximate surface area is 125 Å². The SMILES string of the molecule is COc1cccc(NC(=O)NCC2(O)CCC(C)CC2)c1. The van der Waals surface area contributed by atoms with E-state index in [4.69, 9.17) is 4.74 Å². The molecule has 0 radical (unpaired) electrons. The normalized spacial score (nSPS) is 25.2. The summed E-state index contributed by atoms with van der Waals surface area (Å²) >= 11 is 0. The quantitative estimate of drug-likeness (QED) is 0.799. The van der Waals surface area contributed by atoms with Crippen molar-refractivity contribution in [3.8, 4) is 5.75 Å². The van der Waals surface area contributed by atoms with Gasteiger partial charge in [0.2, 0.25) is 0 Å². The van der Waals surface area contributed by atoms with Gasteiger partial charge in [-0.15, -0.1) is 0 Å². The van der Waals surface area contributed by atoms with E-state index in [0.29, 0.717) is 17.4 Å². The van der Waals surface area contributed by atoms with E-state index in [2.05, 4.69) is 17.6 Å². The molecule has 1 aliphatic carbocycles. The molecule has 0 saturated heterocycles. The number of nitrogens with one attached hydrogen (secondary N) is 2. The summed E-state index contributed by atoms with van der Waals surface area (Å²) in [4.78, 5) is 11.9. The van der Waals surface area contributed by atoms with E-state index in [9.17, 15) is 9.90 Å². The monoisotopic (exact) mass is 292 g/mol. The Morgan fingerprint density at radius 1 is 1.43 bits per heavy atom. The van der Waals surface area contributed by atoms with Crippen LogP contribution in [-0.4, -0.2) is 30.4 Å². The van der Waals surface area contributed by atoms with Crippen LogP contribution >= 0.6 is 0 Å². The predicted octanol–water partition coefficient (Wildman–Crippen LogP) is 2.76. The Morgan fingerprint density at radius 2 is 2.14 bits per heavy atom. The first kappa shape index (κ1) is 15.6. The zero-order valence-electron chi connectivity index (χ0n) is 12.7. The van der Waals surface area contributed by atoms with Crippen LogP contribution in [0.3, 0.4) is 0 Å². The molecule has 1 aromatic rings. The second-order valence-corrected chi connectivity index (χ2v) is 5.95. The van der Waals surface area contributed by atoms with Gasteiger partial charge in [-0.1, -0.05) is 13.0 Å². The van der Waals surface area contributed by atoms with Crippen LogP contribution < -0.4 is 15.4 Å². The van der Waals surface area contributed by atoms with Crippen molar-refractivity contribution in [1.82, 2.24) is 5.32 Å². The van der Waals surface area contributed by atoms with Gasteiger partial charge in [-0.05, 0) is 43.7 Å². The van der Waals surface area contributed by atoms with Crippen LogP contribution in [0.5, 0.6) is 5.75 Å². The van der Waals surface area contributed by atoms with Crippen LogP contribution in [0.15, 0.2) is 24.3 Å². The lowest BCUT2D eigenvalue weighted by Crippen LogP contribution is -2.46. The van der Waals surface area contributed by atoms with Crippen LogP contribution in [0.25, 0.3) is 0 Å². The minimum absolute atomic E-state index is 0.287. The molecule has 0 aromatic heterocycles. The number of benzene rings is 1. The third-order valence-electron chi connectivity index (χ3n) is 4.11. The molecule has 0 unspecified atom stereocenters. The first-order valence-electron chi connectivity index (χ1n) is 7.42. The molecular weight excluding hydrogens is 268 g/mol. The summed E-state index contributed by atoms with van der Waals surface area (Å²) in [6.07, 6.45) is 3.51. The van der Waals surface area contributed by atoms with Crippen molar-refractivity contribution in [3.63, 3.8) is 0 Å². The van der Waals surface area contributed by atoms with Gasteiger partial charge in [-0.2, -0.15) is 0 Å². The molecule has 2 amide bonds. The van der Waals surface area contributed by atoms with Crippen molar-refractivity contribution in [2.75, 3.05) is 19.0 Å². The molecular formula is C16H24N2O3. The molecule has 1 aliphatic rings. The van der Waals surface area contributed by atoms with Gasteiger partial charge in [0.1, 0.15) is 5.75 Å². The van der Waals surface area contributed by atoms with Crippen molar-refractivity contribution >= 4 is 11.7 Å². The number of anilines is 1. The largest absolute Gasteiger partial charge is 0.497 e. The molecule has 0 aliphatic heterocycles. The Morgan fingerprint density at radius 3 is 2.81 bits per heavy atom. The standard InChI is InChI=1S/C16H24N2O3/c1-12-6-8-16(20,9-7-12)11-17-15(19)18-13-4-3-5-14(10-13)21-2/h3-5,10,12,20H,6-9,11H2,1-2H3,(H2,17,18,19). The highest BCUT2D eigenvalue weighted by atomic mass is 16.5. The van der Waals surface area contributed by atoms with Gasteiger partial charge in [0.05, 0.1) is 12.7 Å². The number of urea groups is 1. The van der Waals surface area contributed by atoms with E-state index in [0.717, 1.165) is 25.7 Å². The summed E-state index contributed by atoms with van der Waals surface area (Å²) in [6.45, 7) is 2.48. The third-order valence-corrected chi connectivity index (χ3v) is 4.11. The van der Waals surface area contributed by atoms with Crippen LogP contribution in [0.1, 0.15) is 32.6 Å². The molecule has 1 fully saturated rings. The molecule has 0 atom stereocenters. The van der Waals surface area contributed by atoms with E-state index in [1.54, 1.807) is 19.2 Å². The van der Waals surface area contributed by atoms with Gasteiger partial charge >= 0.3 is 6.03 Å². The minimum atomic E-state index is -0.766. The van der Waals surface area contributed by atoms with Gasteiger partial charge in [-0.3, -0.25) is 0 Å². The zero-order valence-corrected chi connectivity index (χ0v) is 12.7. The Bertz CT molecular complexity index is 482. The average molecular weight is 292 g/mol. The fourth-order valence-electron chi connectivity index (χ4n) is 2.60. The molecule has 5 nitrogen and oxygen atoms in total. The van der Waals surface area contributed by atoms with Crippen molar-refractivity contribution in [1.29, 1.82) is 0 Å². The molecule has 5 heteroatoms. The first-order chi connectivity index (χ1) is 10.0. The number of ether oxygens (including phenoxy) is 1. The number of rotatable bonds is 4. The van der Waals surface area contributed by atoms with Crippen molar-refractivity contribution in [2.45, 2.75) is 38.2 Å². The molecule has 0 spiro atoms. The molecule has 21 heavy (non-hydrogen) atoms. The summed E-state index contributed by atoms with van der Waals surface area (Å²) in [6, 6.07) is 6.85. The molecule has 3 N–H and O–H groups in total. The molecule has 0 bridgehead atoms.